The maximum Gasteiger partial charge on any atom is 0.335 e. The van der Waals surface area contributed by atoms with E-state index >= 15 is 0 Å². The van der Waals surface area contributed by atoms with Crippen LogP contribution < -0.4 is 11.0 Å². The van der Waals surface area contributed by atoms with E-state index in [1.165, 1.54) is 19.1 Å². The first-order valence-corrected chi connectivity index (χ1v) is 26.5. The number of aliphatic hydroxyl groups excluding tert-OH is 1. The molecule has 2 bridgehead atoms. The molecule has 0 aromatic carbocycles. The van der Waals surface area contributed by atoms with Crippen LogP contribution >= 0.6 is 7.67 Å². The van der Waals surface area contributed by atoms with E-state index in [1.54, 1.807) is 40.9 Å². The molecule has 2 unspecified atom stereocenters. The number of carbonyl (C=O) groups excluding carboxylic acids is 5. The molecule has 2 saturated heterocycles. The van der Waals surface area contributed by atoms with Gasteiger partial charge < -0.3 is 43.3 Å². The van der Waals surface area contributed by atoms with Crippen molar-refractivity contribution in [2.75, 3.05) is 27.9 Å². The summed E-state index contributed by atoms with van der Waals surface area (Å²) in [6, 6.07) is -1.18. The van der Waals surface area contributed by atoms with Crippen molar-refractivity contribution in [3.63, 3.8) is 0 Å². The summed E-state index contributed by atoms with van der Waals surface area (Å²) in [6.45, 7) is 12.6. The average molecular weight is 992 g/mol. The van der Waals surface area contributed by atoms with E-state index in [-0.39, 0.29) is 42.8 Å². The monoisotopic (exact) mass is 992 g/mol. The van der Waals surface area contributed by atoms with Gasteiger partial charge in [0.05, 0.1) is 24.4 Å². The molecule has 0 spiro atoms. The molecule has 0 aromatic heterocycles. The number of nitrogens with zero attached hydrogens (tertiary/aromatic N) is 1. The van der Waals surface area contributed by atoms with Gasteiger partial charge in [-0.05, 0) is 107 Å². The third kappa shape index (κ3) is 16.1. The van der Waals surface area contributed by atoms with Gasteiger partial charge in [0.1, 0.15) is 30.1 Å². The summed E-state index contributed by atoms with van der Waals surface area (Å²) in [6.07, 6.45) is 10.2. The van der Waals surface area contributed by atoms with E-state index in [1.807, 2.05) is 51.2 Å². The largest absolute Gasteiger partial charge is 0.460 e. The number of amides is 1. The van der Waals surface area contributed by atoms with E-state index in [0.717, 1.165) is 5.57 Å². The molecule has 69 heavy (non-hydrogen) atoms. The third-order valence-corrected chi connectivity index (χ3v) is 15.4. The number of methoxy groups -OCH3 is 3. The van der Waals surface area contributed by atoms with Gasteiger partial charge in [-0.25, -0.2) is 15.8 Å². The number of nitrogens with two attached hydrogens (primary N) is 2. The normalized spacial score (nSPS) is 37.8. The molecule has 0 radical (unpaired) electrons. The van der Waals surface area contributed by atoms with Crippen LogP contribution in [0.3, 0.4) is 0 Å². The van der Waals surface area contributed by atoms with Gasteiger partial charge in [-0.3, -0.25) is 23.7 Å². The maximum absolute atomic E-state index is 14.5. The summed E-state index contributed by atoms with van der Waals surface area (Å²) in [5.41, 5.74) is 12.3. The van der Waals surface area contributed by atoms with Crippen LogP contribution in [0.2, 0.25) is 0 Å². The fraction of sp³-hybridized carbons (Fsp3) is 0.745. The molecule has 6 N–H and O–H groups in total. The van der Waals surface area contributed by atoms with Crippen molar-refractivity contribution in [1.82, 2.24) is 4.90 Å². The van der Waals surface area contributed by atoms with Gasteiger partial charge in [-0.15, -0.1) is 0 Å². The lowest BCUT2D eigenvalue weighted by Crippen LogP contribution is -2.61. The number of cyclic esters (lactones) is 1. The van der Waals surface area contributed by atoms with Crippen LogP contribution in [0.25, 0.3) is 0 Å². The highest BCUT2D eigenvalue weighted by molar-refractivity contribution is 7.53. The maximum atomic E-state index is 14.5. The molecule has 4 rings (SSSR count). The van der Waals surface area contributed by atoms with Crippen molar-refractivity contribution in [2.24, 2.45) is 46.5 Å². The average Bonchev–Trinajstić information content (AvgIpc) is 3.30. The second kappa shape index (κ2) is 26.5. The zero-order valence-electron chi connectivity index (χ0n) is 42.6. The first-order chi connectivity index (χ1) is 32.4. The number of hydrogen-bond acceptors (Lipinski definition) is 14. The number of ketones is 3. The Kier molecular flexibility index (Phi) is 22.4. The van der Waals surface area contributed by atoms with Crippen LogP contribution in [0.1, 0.15) is 126 Å². The number of esters is 1. The number of piperidine rings is 1. The highest BCUT2D eigenvalue weighted by atomic mass is 31.2. The highest BCUT2D eigenvalue weighted by Gasteiger charge is 2.53. The minimum absolute atomic E-state index is 0.00261. The zero-order chi connectivity index (χ0) is 51.4. The number of allylic oxidation sites excluding steroid dienone is 6. The van der Waals surface area contributed by atoms with Gasteiger partial charge in [-0.2, -0.15) is 0 Å². The van der Waals surface area contributed by atoms with Crippen LogP contribution in [-0.2, 0) is 56.7 Å². The first kappa shape index (κ1) is 58.4. The quantitative estimate of drug-likeness (QED) is 0.0910. The molecule has 15 atom stereocenters. The molecule has 17 nitrogen and oxygen atoms in total. The molecule has 1 saturated carbocycles. The Morgan fingerprint density at radius 3 is 2.23 bits per heavy atom. The summed E-state index contributed by atoms with van der Waals surface area (Å²) in [7, 11) is 0.659. The highest BCUT2D eigenvalue weighted by Crippen LogP contribution is 2.41. The Morgan fingerprint density at radius 2 is 1.58 bits per heavy atom. The van der Waals surface area contributed by atoms with Crippen molar-refractivity contribution in [3.05, 3.63) is 47.6 Å². The van der Waals surface area contributed by atoms with Gasteiger partial charge in [0, 0.05) is 58.5 Å². The number of rotatable bonds is 8. The Balaban J connectivity index is 1.70. The van der Waals surface area contributed by atoms with Crippen molar-refractivity contribution in [2.45, 2.75) is 180 Å². The molecule has 3 fully saturated rings. The summed E-state index contributed by atoms with van der Waals surface area (Å²) in [5, 5.41) is 23.4. The molecule has 3 heterocycles. The Morgan fingerprint density at radius 1 is 0.870 bits per heavy atom. The van der Waals surface area contributed by atoms with Crippen molar-refractivity contribution in [3.8, 4) is 0 Å². The lowest BCUT2D eigenvalue weighted by molar-refractivity contribution is -0.265. The minimum atomic E-state index is -3.79. The summed E-state index contributed by atoms with van der Waals surface area (Å²) in [4.78, 5) is 72.1. The number of fused-ring (bicyclic) bond motifs is 3. The minimum Gasteiger partial charge on any atom is -0.460 e. The molecule has 390 valence electrons. The topological polar surface area (TPSA) is 254 Å². The van der Waals surface area contributed by atoms with E-state index < -0.39 is 104 Å². The molecule has 18 heteroatoms. The van der Waals surface area contributed by atoms with Crippen LogP contribution in [0, 0.1) is 35.5 Å². The fourth-order valence-electron chi connectivity index (χ4n) is 10.4. The van der Waals surface area contributed by atoms with Crippen LogP contribution in [0.4, 0.5) is 0 Å². The Hall–Kier alpha value is -3.22. The number of Topliss-reactive ketones (excluding diaryl/α,β-unsaturated/α-hetero) is 3. The summed E-state index contributed by atoms with van der Waals surface area (Å²) in [5.74, 6) is -8.41. The Labute approximate surface area is 409 Å². The molecule has 1 aliphatic carbocycles. The van der Waals surface area contributed by atoms with Gasteiger partial charge >= 0.3 is 13.6 Å². The van der Waals surface area contributed by atoms with Crippen LogP contribution in [0.15, 0.2) is 47.6 Å². The number of carbonyl (C=O) groups is 5. The molecular weight excluding hydrogens is 910 g/mol. The molecular formula is C51H82N3O14P. The second-order valence-electron chi connectivity index (χ2n) is 20.3. The van der Waals surface area contributed by atoms with Gasteiger partial charge in [-0.1, -0.05) is 71.1 Å². The Bertz CT molecular complexity index is 1950. The number of hydrogen-bond donors (Lipinski definition) is 4. The van der Waals surface area contributed by atoms with Gasteiger partial charge in [0.15, 0.2) is 5.78 Å². The lowest BCUT2D eigenvalue weighted by atomic mass is 9.78. The predicted molar refractivity (Wildman–Crippen MR) is 260 cm³/mol. The summed E-state index contributed by atoms with van der Waals surface area (Å²) >= 11 is 0. The fourth-order valence-corrected chi connectivity index (χ4v) is 11.1. The molecule has 0 aromatic rings. The predicted octanol–water partition coefficient (Wildman–Crippen LogP) is 6.23. The van der Waals surface area contributed by atoms with E-state index in [2.05, 4.69) is 0 Å². The molecule has 3 aliphatic heterocycles. The van der Waals surface area contributed by atoms with Crippen molar-refractivity contribution < 1.29 is 67.0 Å². The third-order valence-electron chi connectivity index (χ3n) is 14.8. The lowest BCUT2D eigenvalue weighted by Gasteiger charge is -2.42. The zero-order valence-corrected chi connectivity index (χ0v) is 43.5. The van der Waals surface area contributed by atoms with E-state index in [4.69, 9.17) is 39.2 Å². The van der Waals surface area contributed by atoms with Crippen molar-refractivity contribution in [1.29, 1.82) is 0 Å². The SMILES string of the molecule is CO[C@H]1CC2CC[C@@H](C)[C@@](O)(O2)C(=O)C(=O)N2CCCCC2C(=O)O[C@H]([C@H](C)C[C@@H]2CC[C@@H](OP(N)(N)=O)[C@H](OC)C2)CC(=O)[C@H](C)/C=C(\C)[C@@H](O)[C@@H](OC)C(=O)[C@H](C)C[C@H](C)/C=C/C=CC=C1C. The molecule has 1 amide bonds. The standard InChI is InChI=1S/C51H82N3O14P/c1-30-16-12-11-13-17-31(2)42(63-8)28-38-21-19-36(7)51(61,67-38)48(58)49(59)54-23-15-14-18-39(54)50(60)66-43(33(4)26-37-20-22-41(44(27-37)64-9)68-69(52,53)62)29-40(55)32(3)25-35(6)46(57)47(65-10)45(56)34(5)24-30/h11-13,16-17,25,30,32-34,36-39,41-44,46-47,57,61H,14-15,18-24,26-29H2,1-10H3,(H4,52,53,62)/b13-11?,16-12+,31-17?,35-25+/t30-,32-,33-,34-,36-,37+,38?,39?,41-,42+,43+,44-,46-,47+,51-/m1/s1. The van der Waals surface area contributed by atoms with Gasteiger partial charge in [0.25, 0.3) is 11.7 Å². The van der Waals surface area contributed by atoms with Gasteiger partial charge in [0.2, 0.25) is 5.79 Å². The van der Waals surface area contributed by atoms with Crippen LogP contribution in [0.5, 0.6) is 0 Å². The smallest absolute Gasteiger partial charge is 0.335 e. The first-order valence-electron chi connectivity index (χ1n) is 24.8. The second-order valence-corrected chi connectivity index (χ2v) is 21.8. The van der Waals surface area contributed by atoms with E-state index in [0.29, 0.717) is 69.8 Å². The number of aliphatic hydroxyl groups is 2. The molecule has 4 aliphatic rings. The number of ether oxygens (including phenoxy) is 5. The van der Waals surface area contributed by atoms with Crippen LogP contribution in [-0.4, -0.2) is 127 Å². The van der Waals surface area contributed by atoms with E-state index in [9.17, 15) is 38.8 Å². The van der Waals surface area contributed by atoms with Crippen molar-refractivity contribution >= 4 is 36.9 Å². The summed E-state index contributed by atoms with van der Waals surface area (Å²) < 4.78 is 47.1.